The Bertz CT molecular complexity index is 656. The number of aliphatic hydroxyl groups excluding tert-OH is 1. The molecule has 5 nitrogen and oxygen atoms in total. The molecule has 0 fully saturated rings. The second-order valence-corrected chi connectivity index (χ2v) is 4.26. The molecule has 1 aromatic carbocycles. The van der Waals surface area contributed by atoms with Gasteiger partial charge in [0.2, 0.25) is 0 Å². The molecule has 0 bridgehead atoms. The highest BCUT2D eigenvalue weighted by Crippen LogP contribution is 2.30. The average Bonchev–Trinajstić information content (AvgIpc) is 2.37. The van der Waals surface area contributed by atoms with Crippen molar-refractivity contribution in [2.45, 2.75) is 20.1 Å². The Hall–Kier alpha value is -2.14. The van der Waals surface area contributed by atoms with E-state index in [9.17, 15) is 9.90 Å². The summed E-state index contributed by atoms with van der Waals surface area (Å²) in [5.41, 5.74) is 2.07. The number of aryl methyl sites for hydroxylation is 1. The van der Waals surface area contributed by atoms with Gasteiger partial charge in [0, 0.05) is 6.07 Å². The SMILES string of the molecule is Cc1ccc2c(c1)OCc1nc(=O)cc(CO)n1-2. The fourth-order valence-electron chi connectivity index (χ4n) is 2.15. The molecule has 0 spiro atoms. The number of ether oxygens (including phenoxy) is 1. The van der Waals surface area contributed by atoms with Crippen LogP contribution in [0.15, 0.2) is 29.1 Å². The first kappa shape index (κ1) is 11.0. The zero-order valence-corrected chi connectivity index (χ0v) is 9.88. The van der Waals surface area contributed by atoms with E-state index in [-0.39, 0.29) is 18.8 Å². The van der Waals surface area contributed by atoms with Crippen molar-refractivity contribution < 1.29 is 9.84 Å². The molecule has 0 radical (unpaired) electrons. The van der Waals surface area contributed by atoms with Crippen molar-refractivity contribution in [1.29, 1.82) is 0 Å². The van der Waals surface area contributed by atoms with Gasteiger partial charge in [-0.2, -0.15) is 4.98 Å². The van der Waals surface area contributed by atoms with Crippen molar-refractivity contribution in [2.24, 2.45) is 0 Å². The van der Waals surface area contributed by atoms with Gasteiger partial charge in [-0.1, -0.05) is 6.07 Å². The maximum absolute atomic E-state index is 11.4. The van der Waals surface area contributed by atoms with E-state index in [4.69, 9.17) is 4.74 Å². The molecule has 0 atom stereocenters. The van der Waals surface area contributed by atoms with Crippen LogP contribution in [0.25, 0.3) is 5.69 Å². The quantitative estimate of drug-likeness (QED) is 0.810. The minimum absolute atomic E-state index is 0.210. The second kappa shape index (κ2) is 3.96. The third-order valence-electron chi connectivity index (χ3n) is 2.95. The number of fused-ring (bicyclic) bond motifs is 3. The molecule has 1 aromatic heterocycles. The van der Waals surface area contributed by atoms with Crippen molar-refractivity contribution in [1.82, 2.24) is 9.55 Å². The van der Waals surface area contributed by atoms with Crippen LogP contribution < -0.4 is 10.3 Å². The molecular formula is C13H12N2O3. The minimum atomic E-state index is -0.357. The van der Waals surface area contributed by atoms with E-state index in [0.29, 0.717) is 11.5 Å². The summed E-state index contributed by atoms with van der Waals surface area (Å²) in [6, 6.07) is 7.13. The number of nitrogens with zero attached hydrogens (tertiary/aromatic N) is 2. The minimum Gasteiger partial charge on any atom is -0.483 e. The summed E-state index contributed by atoms with van der Waals surface area (Å²) in [4.78, 5) is 15.3. The smallest absolute Gasteiger partial charge is 0.273 e. The number of aromatic nitrogens is 2. The van der Waals surface area contributed by atoms with E-state index in [1.165, 1.54) is 6.07 Å². The van der Waals surface area contributed by atoms with Crippen LogP contribution in [-0.2, 0) is 13.2 Å². The molecule has 18 heavy (non-hydrogen) atoms. The molecule has 0 unspecified atom stereocenters. The predicted octanol–water partition coefficient (Wildman–Crippen LogP) is 0.926. The molecule has 0 amide bonds. The van der Waals surface area contributed by atoms with Gasteiger partial charge in [0.05, 0.1) is 18.0 Å². The normalized spacial score (nSPS) is 12.6. The predicted molar refractivity (Wildman–Crippen MR) is 64.8 cm³/mol. The van der Waals surface area contributed by atoms with Crippen LogP contribution in [0.4, 0.5) is 0 Å². The lowest BCUT2D eigenvalue weighted by atomic mass is 10.2. The van der Waals surface area contributed by atoms with Crippen LogP contribution in [0, 0.1) is 6.92 Å². The topological polar surface area (TPSA) is 64.3 Å². The lowest BCUT2D eigenvalue weighted by Crippen LogP contribution is -2.25. The zero-order valence-electron chi connectivity index (χ0n) is 9.88. The lowest BCUT2D eigenvalue weighted by molar-refractivity contribution is 0.253. The Kier molecular flexibility index (Phi) is 2.41. The molecule has 0 saturated heterocycles. The van der Waals surface area contributed by atoms with E-state index in [1.54, 1.807) is 4.57 Å². The molecule has 2 aromatic rings. The van der Waals surface area contributed by atoms with E-state index >= 15 is 0 Å². The van der Waals surface area contributed by atoms with Gasteiger partial charge in [-0.3, -0.25) is 9.36 Å². The van der Waals surface area contributed by atoms with Gasteiger partial charge in [-0.05, 0) is 24.6 Å². The van der Waals surface area contributed by atoms with Gasteiger partial charge in [0.15, 0.2) is 5.82 Å². The Morgan fingerprint density at radius 3 is 3.06 bits per heavy atom. The van der Waals surface area contributed by atoms with Crippen molar-refractivity contribution in [3.05, 3.63) is 51.7 Å². The molecular weight excluding hydrogens is 232 g/mol. The van der Waals surface area contributed by atoms with Crippen LogP contribution in [-0.4, -0.2) is 14.7 Å². The summed E-state index contributed by atoms with van der Waals surface area (Å²) in [7, 11) is 0. The third kappa shape index (κ3) is 1.60. The highest BCUT2D eigenvalue weighted by Gasteiger charge is 2.20. The summed E-state index contributed by atoms with van der Waals surface area (Å²) < 4.78 is 7.36. The van der Waals surface area contributed by atoms with Crippen LogP contribution >= 0.6 is 0 Å². The summed E-state index contributed by atoms with van der Waals surface area (Å²) in [6.45, 7) is 2.01. The van der Waals surface area contributed by atoms with Crippen LogP contribution in [0.3, 0.4) is 0 Å². The average molecular weight is 244 g/mol. The summed E-state index contributed by atoms with van der Waals surface area (Å²) in [5, 5.41) is 9.37. The number of benzene rings is 1. The van der Waals surface area contributed by atoms with Gasteiger partial charge in [-0.25, -0.2) is 0 Å². The lowest BCUT2D eigenvalue weighted by Gasteiger charge is -2.24. The van der Waals surface area contributed by atoms with Crippen molar-refractivity contribution >= 4 is 0 Å². The van der Waals surface area contributed by atoms with E-state index in [0.717, 1.165) is 17.0 Å². The Morgan fingerprint density at radius 2 is 2.28 bits per heavy atom. The third-order valence-corrected chi connectivity index (χ3v) is 2.95. The molecule has 5 heteroatoms. The van der Waals surface area contributed by atoms with Crippen LogP contribution in [0.1, 0.15) is 17.1 Å². The first-order chi connectivity index (χ1) is 8.69. The molecule has 92 valence electrons. The first-order valence-electron chi connectivity index (χ1n) is 5.65. The number of aliphatic hydroxyl groups is 1. The monoisotopic (exact) mass is 244 g/mol. The largest absolute Gasteiger partial charge is 0.483 e. The van der Waals surface area contributed by atoms with Gasteiger partial charge in [0.1, 0.15) is 12.4 Å². The number of hydrogen-bond acceptors (Lipinski definition) is 4. The fraction of sp³-hybridized carbons (Fsp3) is 0.231. The van der Waals surface area contributed by atoms with Crippen molar-refractivity contribution in [2.75, 3.05) is 0 Å². The molecule has 1 aliphatic rings. The van der Waals surface area contributed by atoms with Gasteiger partial charge in [-0.15, -0.1) is 0 Å². The summed E-state index contributed by atoms with van der Waals surface area (Å²) >= 11 is 0. The second-order valence-electron chi connectivity index (χ2n) is 4.26. The van der Waals surface area contributed by atoms with Crippen LogP contribution in [0.5, 0.6) is 5.75 Å². The molecule has 0 aliphatic carbocycles. The maximum atomic E-state index is 11.4. The zero-order chi connectivity index (χ0) is 12.7. The van der Waals surface area contributed by atoms with Gasteiger partial charge in [0.25, 0.3) is 5.56 Å². The van der Waals surface area contributed by atoms with Gasteiger partial charge < -0.3 is 9.84 Å². The van der Waals surface area contributed by atoms with Gasteiger partial charge >= 0.3 is 0 Å². The summed E-state index contributed by atoms with van der Waals surface area (Å²) in [5.74, 6) is 1.26. The molecule has 3 rings (SSSR count). The molecule has 0 saturated carbocycles. The number of hydrogen-bond donors (Lipinski definition) is 1. The molecule has 2 heterocycles. The molecule has 1 N–H and O–H groups in total. The highest BCUT2D eigenvalue weighted by atomic mass is 16.5. The first-order valence-corrected chi connectivity index (χ1v) is 5.65. The van der Waals surface area contributed by atoms with Crippen LogP contribution in [0.2, 0.25) is 0 Å². The van der Waals surface area contributed by atoms with E-state index < -0.39 is 0 Å². The summed E-state index contributed by atoms with van der Waals surface area (Å²) in [6.07, 6.45) is 0. The van der Waals surface area contributed by atoms with Crippen molar-refractivity contribution in [3.63, 3.8) is 0 Å². The van der Waals surface area contributed by atoms with E-state index in [1.807, 2.05) is 25.1 Å². The van der Waals surface area contributed by atoms with E-state index in [2.05, 4.69) is 4.98 Å². The fourth-order valence-corrected chi connectivity index (χ4v) is 2.15. The Labute approximate surface area is 103 Å². The standard InChI is InChI=1S/C13H12N2O3/c1-8-2-3-10-11(4-8)18-7-12-14-13(17)5-9(6-16)15(10)12/h2-5,16H,6-7H2,1H3. The maximum Gasteiger partial charge on any atom is 0.273 e. The van der Waals surface area contributed by atoms with Crippen molar-refractivity contribution in [3.8, 4) is 11.4 Å². The Morgan fingerprint density at radius 1 is 1.44 bits per heavy atom. The number of rotatable bonds is 1. The molecule has 1 aliphatic heterocycles. The highest BCUT2D eigenvalue weighted by molar-refractivity contribution is 5.51. The Balaban J connectivity index is 2.32.